The average Bonchev–Trinajstić information content (AvgIpc) is 3.12. The Morgan fingerprint density at radius 3 is 2.78 bits per heavy atom. The van der Waals surface area contributed by atoms with E-state index < -0.39 is 0 Å². The molecule has 4 heteroatoms. The topological polar surface area (TPSA) is 56.7 Å². The summed E-state index contributed by atoms with van der Waals surface area (Å²) in [6.45, 7) is 0.484. The zero-order valence-corrected chi connectivity index (χ0v) is 10.2. The average molecular weight is 240 g/mol. The molecule has 0 amide bonds. The third kappa shape index (κ3) is 1.35. The third-order valence-electron chi connectivity index (χ3n) is 4.05. The first-order valence-corrected chi connectivity index (χ1v) is 6.60. The van der Waals surface area contributed by atoms with Gasteiger partial charge in [-0.15, -0.1) is 10.2 Å². The molecule has 1 fully saturated rings. The molecule has 1 heterocycles. The highest BCUT2D eigenvalue weighted by atomic mass is 15.3. The van der Waals surface area contributed by atoms with Gasteiger partial charge in [-0.3, -0.25) is 0 Å². The van der Waals surface area contributed by atoms with Gasteiger partial charge in [0.25, 0.3) is 0 Å². The van der Waals surface area contributed by atoms with E-state index in [9.17, 15) is 0 Å². The monoisotopic (exact) mass is 240 g/mol. The molecule has 4 nitrogen and oxygen atoms in total. The number of benzene rings is 1. The minimum atomic E-state index is 0.426. The van der Waals surface area contributed by atoms with Crippen molar-refractivity contribution in [2.24, 2.45) is 5.73 Å². The number of aromatic nitrogens is 3. The quantitative estimate of drug-likeness (QED) is 0.889. The summed E-state index contributed by atoms with van der Waals surface area (Å²) in [5, 5.41) is 8.66. The molecule has 0 bridgehead atoms. The lowest BCUT2D eigenvalue weighted by atomic mass is 9.77. The summed E-state index contributed by atoms with van der Waals surface area (Å²) < 4.78 is 2.29. The van der Waals surface area contributed by atoms with Gasteiger partial charge in [0.05, 0.1) is 6.54 Å². The van der Waals surface area contributed by atoms with Gasteiger partial charge in [0.15, 0.2) is 0 Å². The van der Waals surface area contributed by atoms with Crippen LogP contribution >= 0.6 is 0 Å². The zero-order valence-electron chi connectivity index (χ0n) is 10.2. The number of nitrogens with two attached hydrogens (primary N) is 1. The molecule has 1 aromatic carbocycles. The summed E-state index contributed by atoms with van der Waals surface area (Å²) in [7, 11) is 0. The van der Waals surface area contributed by atoms with Crippen LogP contribution in [0.1, 0.15) is 47.6 Å². The lowest BCUT2D eigenvalue weighted by molar-refractivity contribution is 0.576. The second-order valence-corrected chi connectivity index (χ2v) is 5.24. The Kier molecular flexibility index (Phi) is 2.08. The summed E-state index contributed by atoms with van der Waals surface area (Å²) in [5.41, 5.74) is 8.62. The smallest absolute Gasteiger partial charge is 0.147 e. The Balaban J connectivity index is 1.77. The van der Waals surface area contributed by atoms with E-state index in [1.807, 2.05) is 0 Å². The zero-order chi connectivity index (χ0) is 12.1. The number of fused-ring (bicyclic) bond motifs is 1. The van der Waals surface area contributed by atoms with Crippen LogP contribution in [0.15, 0.2) is 24.3 Å². The van der Waals surface area contributed by atoms with Gasteiger partial charge < -0.3 is 10.3 Å². The third-order valence-corrected chi connectivity index (χ3v) is 4.05. The molecule has 1 atom stereocenters. The molecule has 18 heavy (non-hydrogen) atoms. The van der Waals surface area contributed by atoms with E-state index in [-0.39, 0.29) is 0 Å². The van der Waals surface area contributed by atoms with Crippen molar-refractivity contribution in [1.29, 1.82) is 0 Å². The van der Waals surface area contributed by atoms with E-state index in [1.54, 1.807) is 0 Å². The Bertz CT molecular complexity index is 598. The molecular weight excluding hydrogens is 224 g/mol. The first kappa shape index (κ1) is 10.3. The molecule has 1 saturated carbocycles. The predicted molar refractivity (Wildman–Crippen MR) is 68.2 cm³/mol. The van der Waals surface area contributed by atoms with E-state index in [0.29, 0.717) is 18.5 Å². The fourth-order valence-electron chi connectivity index (χ4n) is 2.93. The van der Waals surface area contributed by atoms with Crippen LogP contribution < -0.4 is 5.73 Å². The highest BCUT2D eigenvalue weighted by molar-refractivity contribution is 5.44. The SMILES string of the molecule is NCc1nnc(C2Cc3ccccc32)n1C1CC1. The molecule has 0 aliphatic heterocycles. The van der Waals surface area contributed by atoms with Crippen molar-refractivity contribution < 1.29 is 0 Å². The number of rotatable bonds is 3. The fraction of sp³-hybridized carbons (Fsp3) is 0.429. The van der Waals surface area contributed by atoms with Crippen molar-refractivity contribution in [1.82, 2.24) is 14.8 Å². The summed E-state index contributed by atoms with van der Waals surface area (Å²) >= 11 is 0. The van der Waals surface area contributed by atoms with Gasteiger partial charge in [-0.2, -0.15) is 0 Å². The van der Waals surface area contributed by atoms with Gasteiger partial charge in [0, 0.05) is 12.0 Å². The lowest BCUT2D eigenvalue weighted by Gasteiger charge is -2.29. The molecule has 1 unspecified atom stereocenters. The van der Waals surface area contributed by atoms with Crippen LogP contribution in [0, 0.1) is 0 Å². The van der Waals surface area contributed by atoms with Crippen molar-refractivity contribution in [3.05, 3.63) is 47.0 Å². The van der Waals surface area contributed by atoms with Crippen molar-refractivity contribution in [3.63, 3.8) is 0 Å². The maximum absolute atomic E-state index is 5.76. The second kappa shape index (κ2) is 3.65. The summed E-state index contributed by atoms with van der Waals surface area (Å²) in [5.74, 6) is 2.49. The van der Waals surface area contributed by atoms with Crippen LogP contribution in [0.3, 0.4) is 0 Å². The highest BCUT2D eigenvalue weighted by Gasteiger charge is 2.36. The van der Waals surface area contributed by atoms with E-state index >= 15 is 0 Å². The van der Waals surface area contributed by atoms with E-state index in [0.717, 1.165) is 18.1 Å². The number of hydrogen-bond acceptors (Lipinski definition) is 3. The maximum Gasteiger partial charge on any atom is 0.147 e. The predicted octanol–water partition coefficient (Wildman–Crippen LogP) is 1.76. The maximum atomic E-state index is 5.76. The molecule has 2 aromatic rings. The van der Waals surface area contributed by atoms with Crippen LogP contribution in [-0.2, 0) is 13.0 Å². The normalized spacial score (nSPS) is 21.5. The molecule has 4 rings (SSSR count). The molecule has 0 saturated heterocycles. The molecule has 2 N–H and O–H groups in total. The summed E-state index contributed by atoms with van der Waals surface area (Å²) in [6.07, 6.45) is 3.57. The Morgan fingerprint density at radius 1 is 1.22 bits per heavy atom. The first-order chi connectivity index (χ1) is 8.88. The van der Waals surface area contributed by atoms with Crippen LogP contribution in [0.5, 0.6) is 0 Å². The van der Waals surface area contributed by atoms with Crippen LogP contribution in [0.2, 0.25) is 0 Å². The van der Waals surface area contributed by atoms with Crippen LogP contribution in [-0.4, -0.2) is 14.8 Å². The van der Waals surface area contributed by atoms with E-state index in [1.165, 1.54) is 24.0 Å². The minimum Gasteiger partial charge on any atom is -0.324 e. The lowest BCUT2D eigenvalue weighted by Crippen LogP contribution is -2.22. The Labute approximate surface area is 106 Å². The number of hydrogen-bond donors (Lipinski definition) is 1. The van der Waals surface area contributed by atoms with Gasteiger partial charge >= 0.3 is 0 Å². The Morgan fingerprint density at radius 2 is 2.06 bits per heavy atom. The summed E-state index contributed by atoms with van der Waals surface area (Å²) in [4.78, 5) is 0. The molecule has 92 valence electrons. The van der Waals surface area contributed by atoms with Crippen molar-refractivity contribution >= 4 is 0 Å². The standard InChI is InChI=1S/C14H16N4/c15-8-13-16-17-14(18(13)10-5-6-10)12-7-9-3-1-2-4-11(9)12/h1-4,10,12H,5-8,15H2. The fourth-order valence-corrected chi connectivity index (χ4v) is 2.93. The van der Waals surface area contributed by atoms with Crippen LogP contribution in [0.25, 0.3) is 0 Å². The summed E-state index contributed by atoms with van der Waals surface area (Å²) in [6, 6.07) is 9.21. The largest absolute Gasteiger partial charge is 0.324 e. The van der Waals surface area contributed by atoms with Gasteiger partial charge in [-0.25, -0.2) is 0 Å². The van der Waals surface area contributed by atoms with E-state index in [4.69, 9.17) is 5.73 Å². The van der Waals surface area contributed by atoms with Gasteiger partial charge in [-0.1, -0.05) is 24.3 Å². The Hall–Kier alpha value is -1.68. The number of nitrogens with zero attached hydrogens (tertiary/aromatic N) is 3. The first-order valence-electron chi connectivity index (χ1n) is 6.60. The highest BCUT2D eigenvalue weighted by Crippen LogP contribution is 2.43. The van der Waals surface area contributed by atoms with Gasteiger partial charge in [0.2, 0.25) is 0 Å². The van der Waals surface area contributed by atoms with Crippen molar-refractivity contribution in [2.45, 2.75) is 37.8 Å². The van der Waals surface area contributed by atoms with Gasteiger partial charge in [-0.05, 0) is 30.4 Å². The second-order valence-electron chi connectivity index (χ2n) is 5.24. The van der Waals surface area contributed by atoms with E-state index in [2.05, 4.69) is 39.0 Å². The molecule has 0 spiro atoms. The van der Waals surface area contributed by atoms with Crippen molar-refractivity contribution in [2.75, 3.05) is 0 Å². The van der Waals surface area contributed by atoms with Crippen molar-refractivity contribution in [3.8, 4) is 0 Å². The molecule has 2 aliphatic rings. The minimum absolute atomic E-state index is 0.426. The molecular formula is C14H16N4. The molecule has 0 radical (unpaired) electrons. The molecule has 2 aliphatic carbocycles. The van der Waals surface area contributed by atoms with Crippen LogP contribution in [0.4, 0.5) is 0 Å². The molecule has 1 aromatic heterocycles. The van der Waals surface area contributed by atoms with Gasteiger partial charge in [0.1, 0.15) is 11.6 Å².